The van der Waals surface area contributed by atoms with Crippen molar-refractivity contribution in [2.45, 2.75) is 13.0 Å². The van der Waals surface area contributed by atoms with E-state index in [-0.39, 0.29) is 0 Å². The van der Waals surface area contributed by atoms with Gasteiger partial charge in [-0.3, -0.25) is 4.98 Å². The first-order valence-electron chi connectivity index (χ1n) is 2.59. The third-order valence-corrected chi connectivity index (χ3v) is 1.95. The lowest BCUT2D eigenvalue weighted by Crippen LogP contribution is -1.95. The topological polar surface area (TPSA) is 33.1 Å². The minimum atomic E-state index is -0.445. The molecule has 1 aromatic heterocycles. The predicted octanol–water partition coefficient (Wildman–Crippen LogP) is -0.00980. The summed E-state index contributed by atoms with van der Waals surface area (Å²) in [7, 11) is 5.31. The molecule has 4 heteroatoms. The van der Waals surface area contributed by atoms with E-state index < -0.39 is 6.10 Å². The summed E-state index contributed by atoms with van der Waals surface area (Å²) in [5.74, 6) is 0. The largest absolute Gasteiger partial charge is 0.388 e. The van der Waals surface area contributed by atoms with E-state index in [1.165, 1.54) is 11.3 Å². The van der Waals surface area contributed by atoms with Crippen LogP contribution in [0.25, 0.3) is 0 Å². The molecular formula is C5H6BNOS. The van der Waals surface area contributed by atoms with E-state index >= 15 is 0 Å². The van der Waals surface area contributed by atoms with Crippen molar-refractivity contribution in [3.8, 4) is 0 Å². The van der Waals surface area contributed by atoms with E-state index in [9.17, 15) is 0 Å². The fourth-order valence-electron chi connectivity index (χ4n) is 0.494. The molecule has 0 bridgehead atoms. The van der Waals surface area contributed by atoms with Crippen LogP contribution in [0.1, 0.15) is 17.9 Å². The summed E-state index contributed by atoms with van der Waals surface area (Å²) in [6.45, 7) is 1.69. The van der Waals surface area contributed by atoms with Crippen molar-refractivity contribution in [1.82, 2.24) is 4.98 Å². The summed E-state index contributed by atoms with van der Waals surface area (Å²) in [5, 5.41) is 8.95. The number of aliphatic hydroxyl groups excluding tert-OH is 1. The molecule has 1 aromatic rings. The summed E-state index contributed by atoms with van der Waals surface area (Å²) in [6.07, 6.45) is 1.14. The molecule has 2 radical (unpaired) electrons. The van der Waals surface area contributed by atoms with Gasteiger partial charge < -0.3 is 5.11 Å². The van der Waals surface area contributed by atoms with E-state index in [1.54, 1.807) is 13.1 Å². The predicted molar refractivity (Wildman–Crippen MR) is 38.1 cm³/mol. The fourth-order valence-corrected chi connectivity index (χ4v) is 1.12. The molecule has 9 heavy (non-hydrogen) atoms. The first kappa shape index (κ1) is 6.77. The highest BCUT2D eigenvalue weighted by molar-refractivity contribution is 7.19. The van der Waals surface area contributed by atoms with Crippen molar-refractivity contribution < 1.29 is 5.11 Å². The molecule has 0 amide bonds. The zero-order chi connectivity index (χ0) is 6.85. The van der Waals surface area contributed by atoms with Gasteiger partial charge in [0.25, 0.3) is 0 Å². The molecule has 0 aliphatic rings. The molecule has 1 N–H and O–H groups in total. The van der Waals surface area contributed by atoms with Gasteiger partial charge in [0.05, 0.1) is 11.0 Å². The summed E-state index contributed by atoms with van der Waals surface area (Å²) in [6, 6.07) is 0. The Balaban J connectivity index is 2.85. The fraction of sp³-hybridized carbons (Fsp3) is 0.400. The highest BCUT2D eigenvalue weighted by atomic mass is 32.1. The van der Waals surface area contributed by atoms with Gasteiger partial charge in [0.1, 0.15) is 0 Å². The smallest absolute Gasteiger partial charge is 0.157 e. The molecule has 1 unspecified atom stereocenters. The van der Waals surface area contributed by atoms with Gasteiger partial charge in [0.2, 0.25) is 0 Å². The van der Waals surface area contributed by atoms with Gasteiger partial charge in [-0.05, 0) is 6.92 Å². The molecule has 0 aliphatic heterocycles. The number of aromatic nitrogens is 1. The monoisotopic (exact) mass is 139 g/mol. The van der Waals surface area contributed by atoms with Gasteiger partial charge in [0, 0.05) is 11.1 Å². The van der Waals surface area contributed by atoms with Crippen LogP contribution in [0.5, 0.6) is 0 Å². The van der Waals surface area contributed by atoms with E-state index in [0.717, 1.165) is 4.88 Å². The lowest BCUT2D eigenvalue weighted by molar-refractivity contribution is 0.203. The molecule has 0 fully saturated rings. The number of hydrogen-bond donors (Lipinski definition) is 1. The maximum absolute atomic E-state index is 8.95. The maximum Gasteiger partial charge on any atom is 0.157 e. The lowest BCUT2D eigenvalue weighted by Gasteiger charge is -1.94. The Morgan fingerprint density at radius 3 is 2.78 bits per heavy atom. The lowest BCUT2D eigenvalue weighted by atomic mass is 10.2. The molecule has 0 saturated carbocycles. The van der Waals surface area contributed by atoms with E-state index in [2.05, 4.69) is 4.98 Å². The molecule has 2 nitrogen and oxygen atoms in total. The van der Waals surface area contributed by atoms with Gasteiger partial charge in [0.15, 0.2) is 7.85 Å². The van der Waals surface area contributed by atoms with Gasteiger partial charge in [-0.2, -0.15) is 0 Å². The highest BCUT2D eigenvalue weighted by Crippen LogP contribution is 2.13. The first-order chi connectivity index (χ1) is 4.20. The second-order valence-corrected chi connectivity index (χ2v) is 2.87. The van der Waals surface area contributed by atoms with Crippen molar-refractivity contribution in [2.24, 2.45) is 0 Å². The van der Waals surface area contributed by atoms with Gasteiger partial charge in [-0.1, -0.05) is 0 Å². The van der Waals surface area contributed by atoms with Crippen LogP contribution in [0.15, 0.2) is 6.20 Å². The number of nitrogens with zero attached hydrogens (tertiary/aromatic N) is 1. The maximum atomic E-state index is 8.95. The number of aliphatic hydroxyl groups is 1. The Kier molecular flexibility index (Phi) is 1.88. The van der Waals surface area contributed by atoms with Crippen LogP contribution in [-0.2, 0) is 0 Å². The zero-order valence-electron chi connectivity index (χ0n) is 5.03. The molecule has 1 rings (SSSR count). The minimum Gasteiger partial charge on any atom is -0.388 e. The molecule has 46 valence electrons. The number of rotatable bonds is 1. The Morgan fingerprint density at radius 1 is 1.89 bits per heavy atom. The quantitative estimate of drug-likeness (QED) is 0.555. The molecule has 0 spiro atoms. The Morgan fingerprint density at radius 2 is 2.56 bits per heavy atom. The van der Waals surface area contributed by atoms with Crippen LogP contribution in [0, 0.1) is 0 Å². The Labute approximate surface area is 59.0 Å². The SMILES string of the molecule is [B]c1ncc(C(C)O)s1. The molecule has 0 aliphatic carbocycles. The van der Waals surface area contributed by atoms with Crippen molar-refractivity contribution >= 4 is 24.1 Å². The molecule has 1 atom stereocenters. The normalized spacial score (nSPS) is 13.6. The Hall–Kier alpha value is -0.345. The standard InChI is InChI=1S/C5H6BNOS/c1-3(8)4-2-7-5(6)9-4/h2-3,8H,1H3. The van der Waals surface area contributed by atoms with E-state index in [0.29, 0.717) is 4.91 Å². The van der Waals surface area contributed by atoms with Gasteiger partial charge in [-0.25, -0.2) is 0 Å². The van der Waals surface area contributed by atoms with Crippen molar-refractivity contribution in [1.29, 1.82) is 0 Å². The molecular weight excluding hydrogens is 133 g/mol. The van der Waals surface area contributed by atoms with Crippen molar-refractivity contribution in [2.75, 3.05) is 0 Å². The second kappa shape index (κ2) is 2.50. The van der Waals surface area contributed by atoms with Crippen LogP contribution in [0.4, 0.5) is 0 Å². The van der Waals surface area contributed by atoms with Crippen LogP contribution >= 0.6 is 11.3 Å². The van der Waals surface area contributed by atoms with Gasteiger partial charge >= 0.3 is 0 Å². The van der Waals surface area contributed by atoms with Crippen LogP contribution in [0.3, 0.4) is 0 Å². The van der Waals surface area contributed by atoms with Crippen molar-refractivity contribution in [3.63, 3.8) is 0 Å². The van der Waals surface area contributed by atoms with E-state index in [1.807, 2.05) is 0 Å². The average Bonchev–Trinajstić information content (AvgIpc) is 2.14. The Bertz CT molecular complexity index is 199. The summed E-state index contributed by atoms with van der Waals surface area (Å²) in [4.78, 5) is 5.09. The minimum absolute atomic E-state index is 0.445. The average molecular weight is 139 g/mol. The molecule has 1 heterocycles. The highest BCUT2D eigenvalue weighted by Gasteiger charge is 2.01. The third kappa shape index (κ3) is 1.53. The number of hydrogen-bond acceptors (Lipinski definition) is 3. The van der Waals surface area contributed by atoms with Crippen LogP contribution in [-0.4, -0.2) is 17.9 Å². The van der Waals surface area contributed by atoms with Gasteiger partial charge in [-0.15, -0.1) is 11.3 Å². The third-order valence-electron chi connectivity index (χ3n) is 0.953. The molecule has 0 aromatic carbocycles. The summed E-state index contributed by atoms with van der Waals surface area (Å²) < 4.78 is 0. The summed E-state index contributed by atoms with van der Waals surface area (Å²) in [5.41, 5.74) is 0. The first-order valence-corrected chi connectivity index (χ1v) is 3.41. The van der Waals surface area contributed by atoms with Crippen LogP contribution in [0.2, 0.25) is 0 Å². The van der Waals surface area contributed by atoms with Crippen molar-refractivity contribution in [3.05, 3.63) is 11.1 Å². The summed E-state index contributed by atoms with van der Waals surface area (Å²) >= 11 is 1.31. The number of thiazole rings is 1. The van der Waals surface area contributed by atoms with Crippen LogP contribution < -0.4 is 4.91 Å². The second-order valence-electron chi connectivity index (χ2n) is 1.78. The molecule has 0 saturated heterocycles. The zero-order valence-corrected chi connectivity index (χ0v) is 5.85. The van der Waals surface area contributed by atoms with E-state index in [4.69, 9.17) is 13.0 Å².